The number of aromatic carboxylic acids is 1. The van der Waals surface area contributed by atoms with Crippen molar-refractivity contribution in [1.82, 2.24) is 4.57 Å². The quantitative estimate of drug-likeness (QED) is 0.629. The van der Waals surface area contributed by atoms with E-state index in [4.69, 9.17) is 14.2 Å². The van der Waals surface area contributed by atoms with Gasteiger partial charge in [-0.15, -0.1) is 0 Å². The second kappa shape index (κ2) is 8.06. The maximum Gasteiger partial charge on any atom is 0.339 e. The van der Waals surface area contributed by atoms with Crippen LogP contribution < -0.4 is 19.5 Å². The maximum atomic E-state index is 12.5. The number of fused-ring (bicyclic) bond motifs is 1. The molecule has 160 valence electrons. The first kappa shape index (κ1) is 20.3. The first-order chi connectivity index (χ1) is 15.0. The fourth-order valence-electron chi connectivity index (χ4n) is 4.02. The number of carbonyl (C=O) groups is 2. The van der Waals surface area contributed by atoms with Crippen LogP contribution in [0.1, 0.15) is 34.0 Å². The van der Waals surface area contributed by atoms with Gasteiger partial charge in [-0.1, -0.05) is 18.2 Å². The Bertz CT molecular complexity index is 1170. The molecule has 31 heavy (non-hydrogen) atoms. The molecule has 1 aromatic heterocycles. The normalized spacial score (nSPS) is 15.1. The Morgan fingerprint density at radius 3 is 2.48 bits per heavy atom. The van der Waals surface area contributed by atoms with E-state index in [1.807, 2.05) is 24.3 Å². The molecule has 0 saturated carbocycles. The number of amides is 1. The van der Waals surface area contributed by atoms with Crippen LogP contribution in [0.15, 0.2) is 48.7 Å². The fourth-order valence-corrected chi connectivity index (χ4v) is 4.02. The molecule has 8 nitrogen and oxygen atoms in total. The number of hydrogen-bond donors (Lipinski definition) is 2. The standard InChI is InChI=1S/C23H22N2O6/c1-29-13-8-9-17(19(10-13)31-3)25-12-16(23(27)28)21-22(25)15(11-20(26)24-21)14-6-4-5-7-18(14)30-2/h4-10,12,15H,11H2,1-3H3,(H,24,26)(H,27,28)/t15-/m0/s1. The van der Waals surface area contributed by atoms with Gasteiger partial charge in [-0.3, -0.25) is 4.79 Å². The summed E-state index contributed by atoms with van der Waals surface area (Å²) in [5.41, 5.74) is 2.34. The molecule has 2 heterocycles. The van der Waals surface area contributed by atoms with E-state index in [0.717, 1.165) is 5.56 Å². The predicted molar refractivity (Wildman–Crippen MR) is 114 cm³/mol. The summed E-state index contributed by atoms with van der Waals surface area (Å²) in [5, 5.41) is 12.6. The topological polar surface area (TPSA) is 99.0 Å². The van der Waals surface area contributed by atoms with Crippen molar-refractivity contribution < 1.29 is 28.9 Å². The summed E-state index contributed by atoms with van der Waals surface area (Å²) in [5.74, 6) is -0.0764. The maximum absolute atomic E-state index is 12.5. The zero-order valence-electron chi connectivity index (χ0n) is 17.3. The van der Waals surface area contributed by atoms with E-state index in [0.29, 0.717) is 28.6 Å². The summed E-state index contributed by atoms with van der Waals surface area (Å²) in [6.45, 7) is 0. The number of benzene rings is 2. The fraction of sp³-hybridized carbons (Fsp3) is 0.217. The molecule has 2 aromatic carbocycles. The van der Waals surface area contributed by atoms with Crippen molar-refractivity contribution in [2.75, 3.05) is 26.6 Å². The number of carboxylic acids is 1. The lowest BCUT2D eigenvalue weighted by Crippen LogP contribution is -2.25. The Hall–Kier alpha value is -3.94. The van der Waals surface area contributed by atoms with Gasteiger partial charge in [0, 0.05) is 30.2 Å². The summed E-state index contributed by atoms with van der Waals surface area (Å²) in [4.78, 5) is 24.5. The van der Waals surface area contributed by atoms with Crippen molar-refractivity contribution in [3.05, 3.63) is 65.5 Å². The minimum atomic E-state index is -1.14. The zero-order valence-corrected chi connectivity index (χ0v) is 17.3. The van der Waals surface area contributed by atoms with Gasteiger partial charge in [-0.25, -0.2) is 4.79 Å². The van der Waals surface area contributed by atoms with Gasteiger partial charge >= 0.3 is 5.97 Å². The molecule has 1 amide bonds. The molecule has 0 spiro atoms. The van der Waals surface area contributed by atoms with Crippen LogP contribution in [0, 0.1) is 0 Å². The van der Waals surface area contributed by atoms with E-state index < -0.39 is 11.9 Å². The van der Waals surface area contributed by atoms with Crippen LogP contribution in [-0.2, 0) is 4.79 Å². The van der Waals surface area contributed by atoms with Crippen molar-refractivity contribution in [2.45, 2.75) is 12.3 Å². The Morgan fingerprint density at radius 1 is 1.06 bits per heavy atom. The Balaban J connectivity index is 2.01. The van der Waals surface area contributed by atoms with Crippen LogP contribution in [0.3, 0.4) is 0 Å². The van der Waals surface area contributed by atoms with Gasteiger partial charge in [-0.05, 0) is 18.2 Å². The van der Waals surface area contributed by atoms with Crippen LogP contribution in [0.25, 0.3) is 5.69 Å². The van der Waals surface area contributed by atoms with Crippen LogP contribution in [-0.4, -0.2) is 42.9 Å². The van der Waals surface area contributed by atoms with Crippen LogP contribution >= 0.6 is 0 Å². The number of para-hydroxylation sites is 1. The zero-order chi connectivity index (χ0) is 22.1. The Morgan fingerprint density at radius 2 is 1.81 bits per heavy atom. The lowest BCUT2D eigenvalue weighted by atomic mass is 9.87. The molecular weight excluding hydrogens is 400 g/mol. The highest BCUT2D eigenvalue weighted by atomic mass is 16.5. The summed E-state index contributed by atoms with van der Waals surface area (Å²) < 4.78 is 18.1. The number of carboxylic acid groups (broad SMARTS) is 1. The van der Waals surface area contributed by atoms with Crippen molar-refractivity contribution >= 4 is 17.6 Å². The summed E-state index contributed by atoms with van der Waals surface area (Å²) in [7, 11) is 4.66. The van der Waals surface area contributed by atoms with Gasteiger partial charge in [0.1, 0.15) is 22.8 Å². The van der Waals surface area contributed by atoms with E-state index in [-0.39, 0.29) is 23.6 Å². The molecule has 1 aliphatic heterocycles. The number of hydrogen-bond acceptors (Lipinski definition) is 5. The highest BCUT2D eigenvalue weighted by Crippen LogP contribution is 2.45. The predicted octanol–water partition coefficient (Wildman–Crippen LogP) is 3.68. The SMILES string of the molecule is COc1ccc(-n2cc(C(=O)O)c3c2[C@H](c2ccccc2OC)CC(=O)N3)c(OC)c1. The largest absolute Gasteiger partial charge is 0.497 e. The third kappa shape index (κ3) is 3.46. The average Bonchev–Trinajstić information content (AvgIpc) is 3.17. The molecule has 8 heteroatoms. The number of carbonyl (C=O) groups excluding carboxylic acids is 1. The van der Waals surface area contributed by atoms with E-state index in [1.54, 1.807) is 37.0 Å². The van der Waals surface area contributed by atoms with Crippen molar-refractivity contribution in [2.24, 2.45) is 0 Å². The molecule has 0 saturated heterocycles. The molecular formula is C23H22N2O6. The highest BCUT2D eigenvalue weighted by molar-refractivity contribution is 6.04. The van der Waals surface area contributed by atoms with Gasteiger partial charge < -0.3 is 29.2 Å². The smallest absolute Gasteiger partial charge is 0.339 e. The molecule has 2 N–H and O–H groups in total. The van der Waals surface area contributed by atoms with Crippen LogP contribution in [0.2, 0.25) is 0 Å². The lowest BCUT2D eigenvalue weighted by Gasteiger charge is -2.27. The second-order valence-electron chi connectivity index (χ2n) is 7.06. The van der Waals surface area contributed by atoms with Gasteiger partial charge in [0.25, 0.3) is 0 Å². The minimum Gasteiger partial charge on any atom is -0.497 e. The minimum absolute atomic E-state index is 0.000758. The number of nitrogens with zero attached hydrogens (tertiary/aromatic N) is 1. The van der Waals surface area contributed by atoms with Crippen molar-refractivity contribution in [3.63, 3.8) is 0 Å². The number of ether oxygens (including phenoxy) is 3. The number of anilines is 1. The van der Waals surface area contributed by atoms with E-state index >= 15 is 0 Å². The number of aromatic nitrogens is 1. The highest BCUT2D eigenvalue weighted by Gasteiger charge is 2.36. The van der Waals surface area contributed by atoms with Crippen molar-refractivity contribution in [3.8, 4) is 22.9 Å². The number of rotatable bonds is 6. The summed E-state index contributed by atoms with van der Waals surface area (Å²) in [6, 6.07) is 12.7. The van der Waals surface area contributed by atoms with E-state index in [9.17, 15) is 14.7 Å². The third-order valence-electron chi connectivity index (χ3n) is 5.42. The molecule has 0 bridgehead atoms. The molecule has 3 aromatic rings. The monoisotopic (exact) mass is 422 g/mol. The first-order valence-corrected chi connectivity index (χ1v) is 9.62. The number of nitrogens with one attached hydrogen (secondary N) is 1. The molecule has 0 fully saturated rings. The van der Waals surface area contributed by atoms with Gasteiger partial charge in [0.2, 0.25) is 5.91 Å². The van der Waals surface area contributed by atoms with Crippen LogP contribution in [0.5, 0.6) is 17.2 Å². The van der Waals surface area contributed by atoms with Gasteiger partial charge in [-0.2, -0.15) is 0 Å². The number of methoxy groups -OCH3 is 3. The summed E-state index contributed by atoms with van der Waals surface area (Å²) >= 11 is 0. The third-order valence-corrected chi connectivity index (χ3v) is 5.42. The van der Waals surface area contributed by atoms with E-state index in [1.165, 1.54) is 13.3 Å². The van der Waals surface area contributed by atoms with Gasteiger partial charge in [0.05, 0.1) is 38.4 Å². The Labute approximate surface area is 179 Å². The second-order valence-corrected chi connectivity index (χ2v) is 7.06. The molecule has 0 aliphatic carbocycles. The Kier molecular flexibility index (Phi) is 5.29. The lowest BCUT2D eigenvalue weighted by molar-refractivity contribution is -0.116. The first-order valence-electron chi connectivity index (χ1n) is 9.62. The molecule has 4 rings (SSSR count). The average molecular weight is 422 g/mol. The van der Waals surface area contributed by atoms with Gasteiger partial charge in [0.15, 0.2) is 0 Å². The molecule has 1 aliphatic rings. The molecule has 0 unspecified atom stereocenters. The molecule has 0 radical (unpaired) electrons. The van der Waals surface area contributed by atoms with E-state index in [2.05, 4.69) is 5.32 Å². The van der Waals surface area contributed by atoms with Crippen molar-refractivity contribution in [1.29, 1.82) is 0 Å². The summed E-state index contributed by atoms with van der Waals surface area (Å²) in [6.07, 6.45) is 1.65. The van der Waals surface area contributed by atoms with Crippen LogP contribution in [0.4, 0.5) is 5.69 Å². The molecule has 1 atom stereocenters.